The van der Waals surface area contributed by atoms with E-state index in [2.05, 4.69) is 5.32 Å². The zero-order chi connectivity index (χ0) is 26.7. The molecule has 2 amide bonds. The van der Waals surface area contributed by atoms with E-state index in [1.54, 1.807) is 4.90 Å². The molecule has 0 aromatic heterocycles. The number of ether oxygens (including phenoxy) is 1. The molecule has 4 atom stereocenters. The summed E-state index contributed by atoms with van der Waals surface area (Å²) in [6.07, 6.45) is 7.36. The normalized spacial score (nSPS) is 25.0. The number of hydrogen-bond donors (Lipinski definition) is 2. The molecule has 2 aliphatic rings. The third-order valence-electron chi connectivity index (χ3n) is 7.52. The van der Waals surface area contributed by atoms with E-state index in [9.17, 15) is 19.5 Å². The first-order valence-corrected chi connectivity index (χ1v) is 13.7. The molecule has 2 heterocycles. The van der Waals surface area contributed by atoms with Gasteiger partial charge in [-0.05, 0) is 49.7 Å². The Morgan fingerprint density at radius 3 is 2.45 bits per heavy atom. The smallest absolute Gasteiger partial charge is 0.309 e. The van der Waals surface area contributed by atoms with Crippen molar-refractivity contribution in [1.82, 2.24) is 10.2 Å². The third-order valence-corrected chi connectivity index (χ3v) is 7.52. The number of cyclic esters (lactones) is 1. The van der Waals surface area contributed by atoms with Crippen molar-refractivity contribution in [3.63, 3.8) is 0 Å². The van der Waals surface area contributed by atoms with Crippen LogP contribution in [0, 0.1) is 11.8 Å². The van der Waals surface area contributed by atoms with Gasteiger partial charge in [0.05, 0.1) is 31.0 Å². The molecule has 0 aliphatic carbocycles. The van der Waals surface area contributed by atoms with E-state index >= 15 is 0 Å². The number of esters is 1. The van der Waals surface area contributed by atoms with E-state index in [0.717, 1.165) is 24.0 Å². The molecule has 0 radical (unpaired) electrons. The van der Waals surface area contributed by atoms with E-state index in [-0.39, 0.29) is 49.3 Å². The minimum atomic E-state index is -0.631. The van der Waals surface area contributed by atoms with Crippen LogP contribution in [-0.4, -0.2) is 53.5 Å². The number of nitrogens with zero attached hydrogens (tertiary/aromatic N) is 1. The average Bonchev–Trinajstić information content (AvgIpc) is 3.43. The molecule has 7 nitrogen and oxygen atoms in total. The second kappa shape index (κ2) is 13.9. The van der Waals surface area contributed by atoms with Crippen molar-refractivity contribution < 1.29 is 24.2 Å². The zero-order valence-corrected chi connectivity index (χ0v) is 21.8. The van der Waals surface area contributed by atoms with Gasteiger partial charge in [0.1, 0.15) is 6.10 Å². The third kappa shape index (κ3) is 7.54. The number of rotatable bonds is 6. The topological polar surface area (TPSA) is 95.9 Å². The fraction of sp³-hybridized carbons (Fsp3) is 0.452. The second-order valence-corrected chi connectivity index (χ2v) is 10.2. The van der Waals surface area contributed by atoms with Gasteiger partial charge in [0.25, 0.3) is 0 Å². The zero-order valence-electron chi connectivity index (χ0n) is 21.8. The molecule has 0 unspecified atom stereocenters. The fourth-order valence-electron chi connectivity index (χ4n) is 5.31. The molecule has 2 aliphatic heterocycles. The Hall–Kier alpha value is -3.45. The van der Waals surface area contributed by atoms with Crippen molar-refractivity contribution in [1.29, 1.82) is 0 Å². The molecule has 0 spiro atoms. The lowest BCUT2D eigenvalue weighted by Crippen LogP contribution is -2.41. The Kier molecular flexibility index (Phi) is 10.1. The Labute approximate surface area is 224 Å². The first-order chi connectivity index (χ1) is 18.5. The van der Waals surface area contributed by atoms with Crippen LogP contribution >= 0.6 is 0 Å². The highest BCUT2D eigenvalue weighted by molar-refractivity contribution is 5.86. The van der Waals surface area contributed by atoms with Crippen LogP contribution < -0.4 is 5.32 Å². The number of benzene rings is 2. The monoisotopic (exact) mass is 518 g/mol. The second-order valence-electron chi connectivity index (χ2n) is 10.2. The molecule has 0 saturated carbocycles. The van der Waals surface area contributed by atoms with Crippen LogP contribution in [0.3, 0.4) is 0 Å². The van der Waals surface area contributed by atoms with Gasteiger partial charge in [0.15, 0.2) is 0 Å². The number of nitrogens with one attached hydrogen (secondary N) is 1. The number of hydrogen-bond acceptors (Lipinski definition) is 5. The van der Waals surface area contributed by atoms with Gasteiger partial charge >= 0.3 is 5.97 Å². The van der Waals surface area contributed by atoms with E-state index in [4.69, 9.17) is 4.74 Å². The fourth-order valence-corrected chi connectivity index (χ4v) is 5.31. The van der Waals surface area contributed by atoms with Crippen molar-refractivity contribution in [3.05, 3.63) is 83.9 Å². The number of carbonyl (C=O) groups is 3. The predicted molar refractivity (Wildman–Crippen MR) is 145 cm³/mol. The van der Waals surface area contributed by atoms with Crippen molar-refractivity contribution >= 4 is 17.8 Å². The van der Waals surface area contributed by atoms with Gasteiger partial charge in [0, 0.05) is 13.0 Å². The van der Waals surface area contributed by atoms with Crippen molar-refractivity contribution in [3.8, 4) is 0 Å². The summed E-state index contributed by atoms with van der Waals surface area (Å²) in [7, 11) is 0. The predicted octanol–water partition coefficient (Wildman–Crippen LogP) is 3.98. The number of allylic oxidation sites excluding steroid dienone is 2. The van der Waals surface area contributed by atoms with Gasteiger partial charge in [-0.3, -0.25) is 14.4 Å². The summed E-state index contributed by atoms with van der Waals surface area (Å²) in [5, 5.41) is 12.6. The average molecular weight is 519 g/mol. The minimum Gasteiger partial charge on any atom is -0.455 e. The van der Waals surface area contributed by atoms with Crippen molar-refractivity contribution in [2.45, 2.75) is 57.1 Å². The maximum absolute atomic E-state index is 13.4. The summed E-state index contributed by atoms with van der Waals surface area (Å²) in [5.41, 5.74) is 1.89. The lowest BCUT2D eigenvalue weighted by molar-refractivity contribution is -0.155. The first kappa shape index (κ1) is 27.6. The van der Waals surface area contributed by atoms with E-state index in [0.29, 0.717) is 32.2 Å². The Balaban J connectivity index is 1.52. The summed E-state index contributed by atoms with van der Waals surface area (Å²) < 4.78 is 6.03. The van der Waals surface area contributed by atoms with Gasteiger partial charge < -0.3 is 20.1 Å². The van der Waals surface area contributed by atoms with Crippen LogP contribution in [0.25, 0.3) is 0 Å². The number of aliphatic hydroxyl groups is 1. The number of amides is 2. The van der Waals surface area contributed by atoms with Crippen LogP contribution in [0.5, 0.6) is 0 Å². The Morgan fingerprint density at radius 2 is 1.71 bits per heavy atom. The summed E-state index contributed by atoms with van der Waals surface area (Å²) in [6, 6.07) is 19.2. The molecule has 1 fully saturated rings. The van der Waals surface area contributed by atoms with E-state index in [1.807, 2.05) is 72.8 Å². The largest absolute Gasteiger partial charge is 0.455 e. The van der Waals surface area contributed by atoms with Gasteiger partial charge in [0.2, 0.25) is 11.8 Å². The molecule has 38 heavy (non-hydrogen) atoms. The highest BCUT2D eigenvalue weighted by atomic mass is 16.5. The molecule has 202 valence electrons. The summed E-state index contributed by atoms with van der Waals surface area (Å²) in [6.45, 7) is 0.684. The van der Waals surface area contributed by atoms with Gasteiger partial charge in [-0.15, -0.1) is 0 Å². The minimum absolute atomic E-state index is 0.0588. The van der Waals surface area contributed by atoms with Crippen LogP contribution in [0.2, 0.25) is 0 Å². The molecular weight excluding hydrogens is 480 g/mol. The Morgan fingerprint density at radius 1 is 0.974 bits per heavy atom. The number of aliphatic hydroxyl groups excluding tert-OH is 1. The molecule has 2 aromatic carbocycles. The SMILES string of the molecule is O=C1NC[C@@H](c2ccccc2)OC(=O)[C@@H](Cc2ccccc2)CCC=CC[C@@H]1CC(=O)N1CCC[C@H]1CO. The van der Waals surface area contributed by atoms with Gasteiger partial charge in [-0.2, -0.15) is 0 Å². The quantitative estimate of drug-likeness (QED) is 0.446. The maximum atomic E-state index is 13.4. The molecule has 2 N–H and O–H groups in total. The van der Waals surface area contributed by atoms with E-state index < -0.39 is 12.0 Å². The highest BCUT2D eigenvalue weighted by Gasteiger charge is 2.32. The summed E-state index contributed by atoms with van der Waals surface area (Å²) >= 11 is 0. The van der Waals surface area contributed by atoms with Crippen molar-refractivity contribution in [2.24, 2.45) is 11.8 Å². The Bertz CT molecular complexity index is 1090. The molecule has 0 bridgehead atoms. The molecule has 1 saturated heterocycles. The standard InChI is InChI=1S/C31H38N2O5/c34-22-27-17-10-18-33(27)29(35)20-25-15-8-3-9-16-26(19-23-11-4-1-5-12-23)31(37)38-28(21-32-30(25)36)24-13-6-2-7-14-24/h1-8,11-14,25-28,34H,9-10,15-22H2,(H,32,36)/t25-,26-,27+,28+/m1/s1. The number of carbonyl (C=O) groups excluding carboxylic acids is 3. The summed E-state index contributed by atoms with van der Waals surface area (Å²) in [5.74, 6) is -1.46. The van der Waals surface area contributed by atoms with Crippen LogP contribution in [0.15, 0.2) is 72.8 Å². The molecule has 4 rings (SSSR count). The van der Waals surface area contributed by atoms with Crippen LogP contribution in [0.1, 0.15) is 55.8 Å². The van der Waals surface area contributed by atoms with Gasteiger partial charge in [-0.25, -0.2) is 0 Å². The first-order valence-electron chi connectivity index (χ1n) is 13.7. The molecule has 7 heteroatoms. The lowest BCUT2D eigenvalue weighted by atomic mass is 9.94. The van der Waals surface area contributed by atoms with Crippen molar-refractivity contribution in [2.75, 3.05) is 19.7 Å². The highest BCUT2D eigenvalue weighted by Crippen LogP contribution is 2.25. The lowest BCUT2D eigenvalue weighted by Gasteiger charge is -2.26. The maximum Gasteiger partial charge on any atom is 0.309 e. The molecule has 2 aromatic rings. The van der Waals surface area contributed by atoms with Gasteiger partial charge in [-0.1, -0.05) is 72.8 Å². The van der Waals surface area contributed by atoms with Crippen LogP contribution in [0.4, 0.5) is 0 Å². The van der Waals surface area contributed by atoms with Crippen LogP contribution in [-0.2, 0) is 25.5 Å². The molecular formula is C31H38N2O5. The van der Waals surface area contributed by atoms with E-state index in [1.165, 1.54) is 0 Å². The number of likely N-dealkylation sites (tertiary alicyclic amines) is 1. The summed E-state index contributed by atoms with van der Waals surface area (Å²) in [4.78, 5) is 41.4.